The maximum atomic E-state index is 13.1. The molecule has 3 rings (SSSR count). The lowest BCUT2D eigenvalue weighted by Crippen LogP contribution is -2.52. The van der Waals surface area contributed by atoms with Crippen molar-refractivity contribution >= 4 is 39.2 Å². The number of aliphatic hydroxyl groups is 1. The number of aliphatic hydroxyl groups excluding tert-OH is 1. The van der Waals surface area contributed by atoms with E-state index < -0.39 is 15.7 Å². The van der Waals surface area contributed by atoms with Crippen LogP contribution in [0.2, 0.25) is 10.0 Å². The molecule has 0 aromatic heterocycles. The third-order valence-corrected chi connectivity index (χ3v) is 5.86. The van der Waals surface area contributed by atoms with Crippen molar-refractivity contribution < 1.29 is 32.3 Å². The van der Waals surface area contributed by atoms with Crippen LogP contribution in [0, 0.1) is 0 Å². The number of carbonyl (C=O) groups excluding carboxylic acids is 1. The number of rotatable bonds is 7. The summed E-state index contributed by atoms with van der Waals surface area (Å²) in [5.41, 5.74) is 0.877. The van der Waals surface area contributed by atoms with Gasteiger partial charge in [0.15, 0.2) is 0 Å². The van der Waals surface area contributed by atoms with Gasteiger partial charge in [0, 0.05) is 19.6 Å². The van der Waals surface area contributed by atoms with Crippen LogP contribution in [0.3, 0.4) is 0 Å². The maximum Gasteiger partial charge on any atom is 0.261 e. The molecule has 1 atom stereocenters. The molecule has 194 valence electrons. The second-order valence-electron chi connectivity index (χ2n) is 8.48. The SMILES string of the molecule is CC(C)Oc1cccc(CC(=O)N2CCO[C@](CCO)(c3ccc(Cl)c(Cl)c3)C2)c1.CS(=O)(=O)O. The molecule has 1 heterocycles. The zero-order chi connectivity index (χ0) is 26.2. The van der Waals surface area contributed by atoms with E-state index in [1.807, 2.05) is 44.2 Å². The molecular weight excluding hydrogens is 517 g/mol. The second kappa shape index (κ2) is 12.9. The van der Waals surface area contributed by atoms with E-state index >= 15 is 0 Å². The van der Waals surface area contributed by atoms with Crippen molar-refractivity contribution in [3.8, 4) is 5.75 Å². The third-order valence-electron chi connectivity index (χ3n) is 5.13. The Bertz CT molecular complexity index is 1100. The van der Waals surface area contributed by atoms with Gasteiger partial charge in [-0.15, -0.1) is 0 Å². The lowest BCUT2D eigenvalue weighted by molar-refractivity contribution is -0.155. The number of carbonyl (C=O) groups is 1. The smallest absolute Gasteiger partial charge is 0.261 e. The van der Waals surface area contributed by atoms with Crippen LogP contribution in [0.5, 0.6) is 5.75 Å². The van der Waals surface area contributed by atoms with Crippen LogP contribution in [0.1, 0.15) is 31.4 Å². The molecule has 0 unspecified atom stereocenters. The fraction of sp³-hybridized carbons (Fsp3) is 0.458. The van der Waals surface area contributed by atoms with Crippen molar-refractivity contribution in [2.24, 2.45) is 0 Å². The molecule has 35 heavy (non-hydrogen) atoms. The third kappa shape index (κ3) is 9.59. The first-order chi connectivity index (χ1) is 16.3. The normalized spacial score (nSPS) is 18.1. The Kier molecular flexibility index (Phi) is 10.8. The van der Waals surface area contributed by atoms with Crippen LogP contribution < -0.4 is 4.74 Å². The molecule has 0 radical (unpaired) electrons. The molecule has 2 aromatic rings. The van der Waals surface area contributed by atoms with Crippen LogP contribution in [0.15, 0.2) is 42.5 Å². The van der Waals surface area contributed by atoms with Crippen molar-refractivity contribution in [3.63, 3.8) is 0 Å². The van der Waals surface area contributed by atoms with E-state index in [0.29, 0.717) is 42.4 Å². The molecule has 0 aliphatic carbocycles. The van der Waals surface area contributed by atoms with E-state index in [0.717, 1.165) is 16.9 Å². The van der Waals surface area contributed by atoms with Gasteiger partial charge in [0.05, 0.1) is 42.0 Å². The predicted octanol–water partition coefficient (Wildman–Crippen LogP) is 3.96. The standard InChI is InChI=1S/C23H27Cl2NO4.CH4O3S/c1-16(2)30-19-5-3-4-17(12-19)13-22(28)26-9-11-29-23(15-26,8-10-27)18-6-7-20(24)21(25)14-18;1-5(2,3)4/h3-7,12,14,16,27H,8-11,13,15H2,1-2H3;1H3,(H,2,3,4)/t23-;/m0./s1. The minimum Gasteiger partial charge on any atom is -0.491 e. The minimum absolute atomic E-state index is 0.00220. The molecule has 1 fully saturated rings. The first-order valence-electron chi connectivity index (χ1n) is 11.0. The summed E-state index contributed by atoms with van der Waals surface area (Å²) in [5, 5.41) is 10.5. The highest BCUT2D eigenvalue weighted by atomic mass is 35.5. The molecule has 0 saturated carbocycles. The maximum absolute atomic E-state index is 13.1. The van der Waals surface area contributed by atoms with Gasteiger partial charge >= 0.3 is 0 Å². The second-order valence-corrected chi connectivity index (χ2v) is 10.8. The summed E-state index contributed by atoms with van der Waals surface area (Å²) in [6.07, 6.45) is 1.41. The summed E-state index contributed by atoms with van der Waals surface area (Å²) < 4.78 is 37.7. The van der Waals surface area contributed by atoms with Crippen LogP contribution in [-0.2, 0) is 31.7 Å². The Balaban J connectivity index is 0.000000784. The lowest BCUT2D eigenvalue weighted by atomic mass is 9.88. The molecule has 2 N–H and O–H groups in total. The zero-order valence-corrected chi connectivity index (χ0v) is 22.2. The Labute approximate surface area is 216 Å². The first kappa shape index (κ1) is 29.4. The van der Waals surface area contributed by atoms with E-state index in [1.165, 1.54) is 0 Å². The summed E-state index contributed by atoms with van der Waals surface area (Å²) >= 11 is 12.3. The van der Waals surface area contributed by atoms with Crippen molar-refractivity contribution in [3.05, 3.63) is 63.6 Å². The summed E-state index contributed by atoms with van der Waals surface area (Å²) in [7, 11) is -3.67. The van der Waals surface area contributed by atoms with Gasteiger partial charge in [-0.05, 0) is 49.2 Å². The van der Waals surface area contributed by atoms with Gasteiger partial charge in [0.2, 0.25) is 5.91 Å². The Hall–Kier alpha value is -1.88. The average Bonchev–Trinajstić information content (AvgIpc) is 2.74. The van der Waals surface area contributed by atoms with E-state index in [1.54, 1.807) is 17.0 Å². The topological polar surface area (TPSA) is 113 Å². The van der Waals surface area contributed by atoms with Crippen molar-refractivity contribution in [1.82, 2.24) is 4.90 Å². The molecule has 2 aromatic carbocycles. The monoisotopic (exact) mass is 547 g/mol. The number of hydrogen-bond donors (Lipinski definition) is 2. The number of nitrogens with zero attached hydrogens (tertiary/aromatic N) is 1. The van der Waals surface area contributed by atoms with Gasteiger partial charge in [-0.1, -0.05) is 41.4 Å². The van der Waals surface area contributed by atoms with E-state index in [2.05, 4.69) is 0 Å². The molecule has 11 heteroatoms. The number of morpholine rings is 1. The summed E-state index contributed by atoms with van der Waals surface area (Å²) in [4.78, 5) is 14.9. The Morgan fingerprint density at radius 1 is 1.20 bits per heavy atom. The van der Waals surface area contributed by atoms with Crippen molar-refractivity contribution in [2.75, 3.05) is 32.6 Å². The summed E-state index contributed by atoms with van der Waals surface area (Å²) in [5.74, 6) is 0.755. The zero-order valence-electron chi connectivity index (χ0n) is 19.9. The van der Waals surface area contributed by atoms with Gasteiger partial charge in [0.25, 0.3) is 10.1 Å². The van der Waals surface area contributed by atoms with Crippen LogP contribution in [-0.4, -0.2) is 67.5 Å². The molecule has 1 saturated heterocycles. The lowest BCUT2D eigenvalue weighted by Gasteiger charge is -2.43. The Morgan fingerprint density at radius 3 is 2.49 bits per heavy atom. The molecule has 0 spiro atoms. The molecule has 8 nitrogen and oxygen atoms in total. The molecule has 1 aliphatic heterocycles. The van der Waals surface area contributed by atoms with E-state index in [4.69, 9.17) is 37.2 Å². The fourth-order valence-corrected chi connectivity index (χ4v) is 4.01. The highest BCUT2D eigenvalue weighted by molar-refractivity contribution is 7.85. The van der Waals surface area contributed by atoms with E-state index in [9.17, 15) is 18.3 Å². The highest BCUT2D eigenvalue weighted by Gasteiger charge is 2.39. The number of ether oxygens (including phenoxy) is 2. The van der Waals surface area contributed by atoms with Gasteiger partial charge in [-0.2, -0.15) is 8.42 Å². The number of amides is 1. The number of hydrogen-bond acceptors (Lipinski definition) is 6. The van der Waals surface area contributed by atoms with Gasteiger partial charge < -0.3 is 19.5 Å². The molecular formula is C24H31Cl2NO7S. The van der Waals surface area contributed by atoms with Crippen LogP contribution in [0.4, 0.5) is 0 Å². The fourth-order valence-electron chi connectivity index (χ4n) is 3.71. The predicted molar refractivity (Wildman–Crippen MR) is 136 cm³/mol. The van der Waals surface area contributed by atoms with Crippen molar-refractivity contribution in [1.29, 1.82) is 0 Å². The van der Waals surface area contributed by atoms with Gasteiger partial charge in [-0.25, -0.2) is 0 Å². The first-order valence-corrected chi connectivity index (χ1v) is 13.6. The van der Waals surface area contributed by atoms with Crippen LogP contribution >= 0.6 is 23.2 Å². The molecule has 0 bridgehead atoms. The van der Waals surface area contributed by atoms with Crippen LogP contribution in [0.25, 0.3) is 0 Å². The largest absolute Gasteiger partial charge is 0.491 e. The highest BCUT2D eigenvalue weighted by Crippen LogP contribution is 2.36. The van der Waals surface area contributed by atoms with Gasteiger partial charge in [-0.3, -0.25) is 9.35 Å². The summed E-state index contributed by atoms with van der Waals surface area (Å²) in [6.45, 7) is 5.08. The molecule has 1 amide bonds. The minimum atomic E-state index is -3.67. The summed E-state index contributed by atoms with van der Waals surface area (Å²) in [6, 6.07) is 12.9. The van der Waals surface area contributed by atoms with Gasteiger partial charge in [0.1, 0.15) is 11.4 Å². The average molecular weight is 548 g/mol. The molecule has 1 aliphatic rings. The van der Waals surface area contributed by atoms with E-state index in [-0.39, 0.29) is 25.0 Å². The Morgan fingerprint density at radius 2 is 1.89 bits per heavy atom. The number of benzene rings is 2. The van der Waals surface area contributed by atoms with Crippen molar-refractivity contribution in [2.45, 2.75) is 38.4 Å². The quantitative estimate of drug-likeness (QED) is 0.504. The number of halogens is 2.